The fraction of sp³-hybridized carbons (Fsp3) is 0.542. The standard InChI is InChI=1S/C24H31N3O3S/c1-16(2)8-9-21(28)25-19-13-18-5-3-6-20(26-11-4-7-22(26)29)23(18)27(24(19)30)14-17-10-12-31-15-17/h3,5-6,10,12,16-17,19H,4,7-9,11,13-15H2,1-2H3,(H,25,28). The first-order valence-corrected chi connectivity index (χ1v) is 12.3. The molecular weight excluding hydrogens is 410 g/mol. The molecular formula is C24H31N3O3S. The molecule has 0 radical (unpaired) electrons. The van der Waals surface area contributed by atoms with Gasteiger partial charge in [0.2, 0.25) is 17.7 Å². The summed E-state index contributed by atoms with van der Waals surface area (Å²) in [7, 11) is 0. The summed E-state index contributed by atoms with van der Waals surface area (Å²) >= 11 is 1.75. The molecule has 31 heavy (non-hydrogen) atoms. The number of hydrogen-bond acceptors (Lipinski definition) is 4. The van der Waals surface area contributed by atoms with Crippen LogP contribution in [0, 0.1) is 11.8 Å². The van der Waals surface area contributed by atoms with Crippen LogP contribution in [0.25, 0.3) is 0 Å². The van der Waals surface area contributed by atoms with Crippen molar-refractivity contribution in [1.82, 2.24) is 5.32 Å². The molecule has 1 N–H and O–H groups in total. The summed E-state index contributed by atoms with van der Waals surface area (Å²) in [5, 5.41) is 5.07. The number of nitrogens with zero attached hydrogens (tertiary/aromatic N) is 2. The topological polar surface area (TPSA) is 69.7 Å². The van der Waals surface area contributed by atoms with Crippen molar-refractivity contribution < 1.29 is 14.4 Å². The molecule has 0 aromatic heterocycles. The summed E-state index contributed by atoms with van der Waals surface area (Å²) in [6.07, 6.45) is 5.23. The summed E-state index contributed by atoms with van der Waals surface area (Å²) in [5.41, 5.74) is 2.69. The first-order chi connectivity index (χ1) is 14.9. The van der Waals surface area contributed by atoms with E-state index in [1.54, 1.807) is 11.8 Å². The number of hydrogen-bond donors (Lipinski definition) is 1. The second kappa shape index (κ2) is 9.47. The Kier molecular flexibility index (Phi) is 6.70. The average Bonchev–Trinajstić information content (AvgIpc) is 3.40. The van der Waals surface area contributed by atoms with Gasteiger partial charge in [-0.3, -0.25) is 14.4 Å². The van der Waals surface area contributed by atoms with Crippen LogP contribution in [0.3, 0.4) is 0 Å². The Morgan fingerprint density at radius 3 is 2.81 bits per heavy atom. The third-order valence-electron chi connectivity index (χ3n) is 6.18. The van der Waals surface area contributed by atoms with E-state index >= 15 is 0 Å². The van der Waals surface area contributed by atoms with E-state index in [4.69, 9.17) is 0 Å². The summed E-state index contributed by atoms with van der Waals surface area (Å²) in [6, 6.07) is 5.36. The van der Waals surface area contributed by atoms with Crippen molar-refractivity contribution in [2.45, 2.75) is 52.0 Å². The van der Waals surface area contributed by atoms with Gasteiger partial charge in [0.15, 0.2) is 0 Å². The van der Waals surface area contributed by atoms with Crippen LogP contribution < -0.4 is 15.1 Å². The van der Waals surface area contributed by atoms with Crippen molar-refractivity contribution >= 4 is 40.9 Å². The Labute approximate surface area is 188 Å². The van der Waals surface area contributed by atoms with Gasteiger partial charge in [0.25, 0.3) is 0 Å². The summed E-state index contributed by atoms with van der Waals surface area (Å²) < 4.78 is 0. The van der Waals surface area contributed by atoms with Gasteiger partial charge in [0.1, 0.15) is 6.04 Å². The van der Waals surface area contributed by atoms with Crippen molar-refractivity contribution in [2.24, 2.45) is 11.8 Å². The minimum Gasteiger partial charge on any atom is -0.344 e. The molecule has 2 atom stereocenters. The highest BCUT2D eigenvalue weighted by molar-refractivity contribution is 8.02. The van der Waals surface area contributed by atoms with Crippen LogP contribution in [0.5, 0.6) is 0 Å². The van der Waals surface area contributed by atoms with Crippen LogP contribution in [-0.4, -0.2) is 42.6 Å². The number of fused-ring (bicyclic) bond motifs is 1. The molecule has 1 saturated heterocycles. The number of benzene rings is 1. The molecule has 3 aliphatic rings. The molecule has 4 rings (SSSR count). The maximum absolute atomic E-state index is 13.6. The van der Waals surface area contributed by atoms with Gasteiger partial charge in [0, 0.05) is 44.0 Å². The molecule has 2 unspecified atom stereocenters. The smallest absolute Gasteiger partial charge is 0.249 e. The average molecular weight is 442 g/mol. The van der Waals surface area contributed by atoms with Gasteiger partial charge >= 0.3 is 0 Å². The van der Waals surface area contributed by atoms with Crippen LogP contribution in [0.1, 0.15) is 45.1 Å². The molecule has 0 aliphatic carbocycles. The van der Waals surface area contributed by atoms with Gasteiger partial charge < -0.3 is 15.1 Å². The van der Waals surface area contributed by atoms with Crippen molar-refractivity contribution in [2.75, 3.05) is 28.6 Å². The number of anilines is 2. The first-order valence-electron chi connectivity index (χ1n) is 11.3. The molecule has 3 aliphatic heterocycles. The monoisotopic (exact) mass is 441 g/mol. The van der Waals surface area contributed by atoms with Crippen LogP contribution in [0.15, 0.2) is 29.7 Å². The largest absolute Gasteiger partial charge is 0.344 e. The van der Waals surface area contributed by atoms with E-state index in [1.807, 2.05) is 28.0 Å². The zero-order chi connectivity index (χ0) is 22.0. The maximum Gasteiger partial charge on any atom is 0.249 e. The lowest BCUT2D eigenvalue weighted by Crippen LogP contribution is -2.54. The highest BCUT2D eigenvalue weighted by Gasteiger charge is 2.38. The number of carbonyl (C=O) groups excluding carboxylic acids is 3. The molecule has 7 heteroatoms. The van der Waals surface area contributed by atoms with E-state index in [0.29, 0.717) is 38.3 Å². The molecule has 3 heterocycles. The quantitative estimate of drug-likeness (QED) is 0.703. The fourth-order valence-corrected chi connectivity index (χ4v) is 5.42. The van der Waals surface area contributed by atoms with Crippen molar-refractivity contribution in [3.8, 4) is 0 Å². The Bertz CT molecular complexity index is 898. The summed E-state index contributed by atoms with van der Waals surface area (Å²) in [4.78, 5) is 42.2. The SMILES string of the molecule is CC(C)CCC(=O)NC1Cc2cccc(N3CCCC3=O)c2N(CC2C=CSC2)C1=O. The highest BCUT2D eigenvalue weighted by Crippen LogP contribution is 2.40. The van der Waals surface area contributed by atoms with Crippen LogP contribution >= 0.6 is 11.8 Å². The van der Waals surface area contributed by atoms with E-state index in [2.05, 4.69) is 30.6 Å². The van der Waals surface area contributed by atoms with Crippen LogP contribution in [0.2, 0.25) is 0 Å². The molecule has 1 fully saturated rings. The maximum atomic E-state index is 13.6. The van der Waals surface area contributed by atoms with Crippen molar-refractivity contribution in [3.05, 3.63) is 35.2 Å². The summed E-state index contributed by atoms with van der Waals surface area (Å²) in [6.45, 7) is 5.43. The molecule has 0 spiro atoms. The van der Waals surface area contributed by atoms with E-state index in [0.717, 1.165) is 35.5 Å². The Hall–Kier alpha value is -2.28. The van der Waals surface area contributed by atoms with E-state index < -0.39 is 6.04 Å². The minimum atomic E-state index is -0.560. The predicted octanol–water partition coefficient (Wildman–Crippen LogP) is 3.50. The minimum absolute atomic E-state index is 0.0716. The number of nitrogens with one attached hydrogen (secondary N) is 1. The van der Waals surface area contributed by atoms with Gasteiger partial charge in [-0.25, -0.2) is 0 Å². The second-order valence-electron chi connectivity index (χ2n) is 9.06. The number of rotatable bonds is 7. The van der Waals surface area contributed by atoms with Gasteiger partial charge in [-0.15, -0.1) is 11.8 Å². The van der Waals surface area contributed by atoms with Gasteiger partial charge in [-0.1, -0.05) is 32.1 Å². The Balaban J connectivity index is 1.64. The lowest BCUT2D eigenvalue weighted by molar-refractivity contribution is -0.128. The lowest BCUT2D eigenvalue weighted by atomic mass is 9.94. The number of para-hydroxylation sites is 1. The third kappa shape index (κ3) is 4.81. The van der Waals surface area contributed by atoms with Gasteiger partial charge in [-0.2, -0.15) is 0 Å². The zero-order valence-corrected chi connectivity index (χ0v) is 19.1. The molecule has 1 aromatic carbocycles. The van der Waals surface area contributed by atoms with E-state index in [9.17, 15) is 14.4 Å². The Morgan fingerprint density at radius 2 is 2.13 bits per heavy atom. The Morgan fingerprint density at radius 1 is 1.29 bits per heavy atom. The van der Waals surface area contributed by atoms with E-state index in [-0.39, 0.29) is 23.6 Å². The highest BCUT2D eigenvalue weighted by atomic mass is 32.2. The van der Waals surface area contributed by atoms with Gasteiger partial charge in [0.05, 0.1) is 11.4 Å². The number of carbonyl (C=O) groups is 3. The second-order valence-corrected chi connectivity index (χ2v) is 10.0. The van der Waals surface area contributed by atoms with Crippen LogP contribution in [0.4, 0.5) is 11.4 Å². The predicted molar refractivity (Wildman–Crippen MR) is 125 cm³/mol. The fourth-order valence-electron chi connectivity index (χ4n) is 4.51. The zero-order valence-electron chi connectivity index (χ0n) is 18.3. The lowest BCUT2D eigenvalue weighted by Gasteiger charge is -2.38. The molecule has 0 bridgehead atoms. The van der Waals surface area contributed by atoms with Gasteiger partial charge in [-0.05, 0) is 35.8 Å². The number of amides is 3. The normalized spacial score (nSPS) is 23.1. The third-order valence-corrected chi connectivity index (χ3v) is 7.15. The molecule has 166 valence electrons. The molecule has 6 nitrogen and oxygen atoms in total. The van der Waals surface area contributed by atoms with Crippen molar-refractivity contribution in [1.29, 1.82) is 0 Å². The molecule has 1 aromatic rings. The number of thioether (sulfide) groups is 1. The first kappa shape index (κ1) is 21.9. The molecule has 0 saturated carbocycles. The molecule has 3 amide bonds. The summed E-state index contributed by atoms with van der Waals surface area (Å²) in [5.74, 6) is 1.61. The van der Waals surface area contributed by atoms with Crippen molar-refractivity contribution in [3.63, 3.8) is 0 Å². The van der Waals surface area contributed by atoms with E-state index in [1.165, 1.54) is 0 Å². The van der Waals surface area contributed by atoms with Crippen LogP contribution in [-0.2, 0) is 20.8 Å².